The number of aryl methyl sites for hydroxylation is 1. The Bertz CT molecular complexity index is 609. The molecule has 19 heavy (non-hydrogen) atoms. The Labute approximate surface area is 118 Å². The molecule has 0 spiro atoms. The van der Waals surface area contributed by atoms with Gasteiger partial charge in [0.05, 0.1) is 29.4 Å². The normalized spacial score (nSPS) is 14.6. The van der Waals surface area contributed by atoms with Gasteiger partial charge >= 0.3 is 0 Å². The number of hydrogen-bond acceptors (Lipinski definition) is 2. The predicted molar refractivity (Wildman–Crippen MR) is 78.7 cm³/mol. The minimum Gasteiger partial charge on any atom is -0.376 e. The highest BCUT2D eigenvalue weighted by molar-refractivity contribution is 6.36. The van der Waals surface area contributed by atoms with E-state index in [1.807, 2.05) is 0 Å². The molecule has 1 aliphatic heterocycles. The van der Waals surface area contributed by atoms with Crippen LogP contribution in [0.15, 0.2) is 18.2 Å². The Hall–Kier alpha value is -1.12. The van der Waals surface area contributed by atoms with Crippen LogP contribution in [0.5, 0.6) is 0 Å². The topological polar surface area (TPSA) is 22.1 Å². The highest BCUT2D eigenvalue weighted by Crippen LogP contribution is 2.31. The van der Waals surface area contributed by atoms with Crippen LogP contribution in [0.1, 0.15) is 36.6 Å². The first-order valence-electron chi connectivity index (χ1n) is 6.97. The van der Waals surface area contributed by atoms with Crippen LogP contribution in [-0.2, 0) is 24.2 Å². The summed E-state index contributed by atoms with van der Waals surface area (Å²) in [6, 6.07) is 6.46. The summed E-state index contributed by atoms with van der Waals surface area (Å²) in [7, 11) is 0. The molecule has 0 N–H and O–H groups in total. The maximum Gasteiger partial charge on any atom is 0.0749 e. The Morgan fingerprint density at radius 1 is 1.37 bits per heavy atom. The predicted octanol–water partition coefficient (Wildman–Crippen LogP) is 4.30. The van der Waals surface area contributed by atoms with Crippen molar-refractivity contribution in [2.75, 3.05) is 6.61 Å². The second-order valence-corrected chi connectivity index (χ2v) is 5.49. The summed E-state index contributed by atoms with van der Waals surface area (Å²) in [5, 5.41) is 1.90. The summed E-state index contributed by atoms with van der Waals surface area (Å²) < 4.78 is 5.50. The van der Waals surface area contributed by atoms with Crippen molar-refractivity contribution in [3.63, 3.8) is 0 Å². The molecule has 2 heterocycles. The van der Waals surface area contributed by atoms with Crippen molar-refractivity contribution in [3.8, 4) is 0 Å². The second-order valence-electron chi connectivity index (χ2n) is 5.11. The van der Waals surface area contributed by atoms with Crippen molar-refractivity contribution < 1.29 is 4.74 Å². The van der Waals surface area contributed by atoms with E-state index in [0.717, 1.165) is 46.6 Å². The van der Waals surface area contributed by atoms with E-state index >= 15 is 0 Å². The molecule has 0 atom stereocenters. The SMILES string of the molecule is CCCCc1ccc2nc3c(c(Cl)c2c1)COCC3. The van der Waals surface area contributed by atoms with Crippen molar-refractivity contribution in [2.24, 2.45) is 0 Å². The number of hydrogen-bond donors (Lipinski definition) is 0. The minimum atomic E-state index is 0.594. The molecule has 0 saturated carbocycles. The smallest absolute Gasteiger partial charge is 0.0749 e. The fraction of sp³-hybridized carbons (Fsp3) is 0.438. The average molecular weight is 276 g/mol. The number of fused-ring (bicyclic) bond motifs is 2. The Morgan fingerprint density at radius 2 is 2.26 bits per heavy atom. The third kappa shape index (κ3) is 2.47. The number of nitrogens with zero attached hydrogens (tertiary/aromatic N) is 1. The lowest BCUT2D eigenvalue weighted by atomic mass is 10.0. The summed E-state index contributed by atoms with van der Waals surface area (Å²) in [5.74, 6) is 0. The van der Waals surface area contributed by atoms with Crippen LogP contribution < -0.4 is 0 Å². The zero-order valence-corrected chi connectivity index (χ0v) is 12.0. The molecular weight excluding hydrogens is 258 g/mol. The summed E-state index contributed by atoms with van der Waals surface area (Å²) in [6.45, 7) is 3.55. The fourth-order valence-electron chi connectivity index (χ4n) is 2.59. The van der Waals surface area contributed by atoms with E-state index < -0.39 is 0 Å². The molecule has 0 aliphatic carbocycles. The Morgan fingerprint density at radius 3 is 3.11 bits per heavy atom. The number of unbranched alkanes of at least 4 members (excludes halogenated alkanes) is 1. The number of ether oxygens (including phenoxy) is 1. The molecule has 1 aliphatic rings. The van der Waals surface area contributed by atoms with Gasteiger partial charge in [0.15, 0.2) is 0 Å². The van der Waals surface area contributed by atoms with Crippen LogP contribution in [0, 0.1) is 0 Å². The van der Waals surface area contributed by atoms with E-state index in [-0.39, 0.29) is 0 Å². The van der Waals surface area contributed by atoms with Crippen molar-refractivity contribution in [1.29, 1.82) is 0 Å². The summed E-state index contributed by atoms with van der Waals surface area (Å²) in [5.41, 5.74) is 4.53. The van der Waals surface area contributed by atoms with Crippen LogP contribution in [0.3, 0.4) is 0 Å². The molecule has 100 valence electrons. The standard InChI is InChI=1S/C16H18ClNO/c1-2-3-4-11-5-6-14-12(9-11)16(17)13-10-19-8-7-15(13)18-14/h5-6,9H,2-4,7-8,10H2,1H3. The number of halogens is 1. The maximum atomic E-state index is 6.55. The van der Waals surface area contributed by atoms with Gasteiger partial charge in [0.25, 0.3) is 0 Å². The van der Waals surface area contributed by atoms with Gasteiger partial charge in [-0.3, -0.25) is 4.98 Å². The first kappa shape index (κ1) is 12.9. The highest BCUT2D eigenvalue weighted by atomic mass is 35.5. The molecule has 0 fully saturated rings. The van der Waals surface area contributed by atoms with E-state index in [4.69, 9.17) is 21.3 Å². The fourth-order valence-corrected chi connectivity index (χ4v) is 2.91. The van der Waals surface area contributed by atoms with Gasteiger partial charge in [-0.2, -0.15) is 0 Å². The highest BCUT2D eigenvalue weighted by Gasteiger charge is 2.17. The molecule has 1 aromatic heterocycles. The number of benzene rings is 1. The Balaban J connectivity index is 2.09. The third-order valence-electron chi connectivity index (χ3n) is 3.71. The molecule has 0 saturated heterocycles. The summed E-state index contributed by atoms with van der Waals surface area (Å²) in [6.07, 6.45) is 4.39. The molecule has 2 aromatic rings. The summed E-state index contributed by atoms with van der Waals surface area (Å²) in [4.78, 5) is 4.73. The lowest BCUT2D eigenvalue weighted by molar-refractivity contribution is 0.109. The van der Waals surface area contributed by atoms with Gasteiger partial charge < -0.3 is 4.74 Å². The van der Waals surface area contributed by atoms with Crippen molar-refractivity contribution in [1.82, 2.24) is 4.98 Å². The molecule has 1 aromatic carbocycles. The quantitative estimate of drug-likeness (QED) is 0.833. The zero-order valence-electron chi connectivity index (χ0n) is 11.2. The van der Waals surface area contributed by atoms with E-state index in [9.17, 15) is 0 Å². The van der Waals surface area contributed by atoms with Gasteiger partial charge in [-0.15, -0.1) is 0 Å². The van der Waals surface area contributed by atoms with Gasteiger partial charge in [-0.05, 0) is 30.5 Å². The largest absolute Gasteiger partial charge is 0.376 e. The second kappa shape index (κ2) is 5.48. The van der Waals surface area contributed by atoms with Gasteiger partial charge in [0, 0.05) is 17.4 Å². The molecule has 0 amide bonds. The molecule has 3 rings (SSSR count). The van der Waals surface area contributed by atoms with Gasteiger partial charge in [-0.1, -0.05) is 31.0 Å². The van der Waals surface area contributed by atoms with E-state index in [1.165, 1.54) is 18.4 Å². The first-order valence-corrected chi connectivity index (χ1v) is 7.35. The van der Waals surface area contributed by atoms with Crippen LogP contribution in [0.25, 0.3) is 10.9 Å². The number of pyridine rings is 1. The summed E-state index contributed by atoms with van der Waals surface area (Å²) >= 11 is 6.55. The van der Waals surface area contributed by atoms with Crippen LogP contribution >= 0.6 is 11.6 Å². The average Bonchev–Trinajstić information content (AvgIpc) is 2.46. The van der Waals surface area contributed by atoms with Crippen LogP contribution in [-0.4, -0.2) is 11.6 Å². The van der Waals surface area contributed by atoms with Crippen LogP contribution in [0.2, 0.25) is 5.02 Å². The molecule has 0 bridgehead atoms. The number of rotatable bonds is 3. The minimum absolute atomic E-state index is 0.594. The maximum absolute atomic E-state index is 6.55. The zero-order chi connectivity index (χ0) is 13.2. The van der Waals surface area contributed by atoms with E-state index in [2.05, 4.69) is 25.1 Å². The molecule has 2 nitrogen and oxygen atoms in total. The van der Waals surface area contributed by atoms with Gasteiger partial charge in [0.2, 0.25) is 0 Å². The molecule has 3 heteroatoms. The molecule has 0 radical (unpaired) electrons. The van der Waals surface area contributed by atoms with E-state index in [1.54, 1.807) is 0 Å². The first-order chi connectivity index (χ1) is 9.29. The van der Waals surface area contributed by atoms with Crippen molar-refractivity contribution in [3.05, 3.63) is 40.0 Å². The number of aromatic nitrogens is 1. The van der Waals surface area contributed by atoms with Crippen LogP contribution in [0.4, 0.5) is 0 Å². The monoisotopic (exact) mass is 275 g/mol. The lowest BCUT2D eigenvalue weighted by Gasteiger charge is -2.18. The lowest BCUT2D eigenvalue weighted by Crippen LogP contribution is -2.12. The third-order valence-corrected chi connectivity index (χ3v) is 4.15. The van der Waals surface area contributed by atoms with Gasteiger partial charge in [-0.25, -0.2) is 0 Å². The van der Waals surface area contributed by atoms with E-state index in [0.29, 0.717) is 6.61 Å². The van der Waals surface area contributed by atoms with Crippen molar-refractivity contribution in [2.45, 2.75) is 39.2 Å². The molecule has 0 unspecified atom stereocenters. The molecular formula is C16H18ClNO. The van der Waals surface area contributed by atoms with Gasteiger partial charge in [0.1, 0.15) is 0 Å². The van der Waals surface area contributed by atoms with Crippen molar-refractivity contribution >= 4 is 22.5 Å². The Kier molecular flexibility index (Phi) is 3.72.